The Bertz CT molecular complexity index is 245. The zero-order valence-corrected chi connectivity index (χ0v) is 8.72. The minimum atomic E-state index is 0. The Balaban J connectivity index is 0.000000605. The molecule has 2 rings (SSSR count). The van der Waals surface area contributed by atoms with Crippen LogP contribution in [0.15, 0.2) is 0 Å². The van der Waals surface area contributed by atoms with Gasteiger partial charge >= 0.3 is 0 Å². The summed E-state index contributed by atoms with van der Waals surface area (Å²) in [6.45, 7) is 4.57. The van der Waals surface area contributed by atoms with Crippen LogP contribution in [0.5, 0.6) is 0 Å². The third kappa shape index (κ3) is 0.920. The van der Waals surface area contributed by atoms with E-state index < -0.39 is 0 Å². The van der Waals surface area contributed by atoms with Crippen molar-refractivity contribution in [2.24, 2.45) is 0 Å². The molecule has 1 aromatic rings. The van der Waals surface area contributed by atoms with Gasteiger partial charge in [0.15, 0.2) is 0 Å². The molecule has 0 saturated heterocycles. The van der Waals surface area contributed by atoms with Crippen LogP contribution in [0.2, 0.25) is 0 Å². The fourth-order valence-corrected chi connectivity index (χ4v) is 1.18. The van der Waals surface area contributed by atoms with E-state index in [0.717, 1.165) is 31.3 Å². The van der Waals surface area contributed by atoms with Crippen LogP contribution in [-0.4, -0.2) is 21.3 Å². The molecule has 0 aromatic carbocycles. The average molecular weight is 389 g/mol. The van der Waals surface area contributed by atoms with Crippen LogP contribution in [0.3, 0.4) is 0 Å². The van der Waals surface area contributed by atoms with E-state index in [1.807, 2.05) is 6.92 Å². The maximum atomic E-state index is 4.21. The molecular formula is C6H9EsN4-. The number of aryl methyl sites for hydroxylation is 1. The van der Waals surface area contributed by atoms with E-state index in [1.54, 1.807) is 0 Å². The van der Waals surface area contributed by atoms with Crippen molar-refractivity contribution in [1.29, 1.82) is 0 Å². The average Bonchev–Trinajstić information content (AvgIpc) is 2.34. The fraction of sp³-hybridized carbons (Fsp3) is 0.667. The van der Waals surface area contributed by atoms with Crippen LogP contribution in [0.1, 0.15) is 11.6 Å². The molecule has 1 aromatic heterocycles. The van der Waals surface area contributed by atoms with Crippen LogP contribution < -0.4 is 0 Å². The predicted octanol–water partition coefficient (Wildman–Crippen LogP) is 0.474. The van der Waals surface area contributed by atoms with Gasteiger partial charge in [-0.05, 0) is 6.92 Å². The van der Waals surface area contributed by atoms with Crippen LogP contribution in [0.4, 0.5) is 0 Å². The minimum absolute atomic E-state index is 0. The second-order valence-corrected chi connectivity index (χ2v) is 2.42. The van der Waals surface area contributed by atoms with Gasteiger partial charge in [-0.1, -0.05) is 6.54 Å². The molecule has 0 atom stereocenters. The Hall–Kier alpha value is -1.90. The van der Waals surface area contributed by atoms with Crippen LogP contribution in [0.25, 0.3) is 5.32 Å². The zero-order chi connectivity index (χ0) is 6.97. The van der Waals surface area contributed by atoms with Crippen LogP contribution >= 0.6 is 0 Å². The number of aromatic nitrogens is 3. The summed E-state index contributed by atoms with van der Waals surface area (Å²) in [6, 6.07) is 0. The molecule has 4 nitrogen and oxygen atoms in total. The first-order valence-electron chi connectivity index (χ1n) is 3.40. The van der Waals surface area contributed by atoms with Crippen molar-refractivity contribution >= 4 is 0 Å². The van der Waals surface area contributed by atoms with Gasteiger partial charge in [-0.3, -0.25) is 0 Å². The van der Waals surface area contributed by atoms with Gasteiger partial charge in [0.25, 0.3) is 0 Å². The Morgan fingerprint density at radius 1 is 1.45 bits per heavy atom. The summed E-state index contributed by atoms with van der Waals surface area (Å²) >= 11 is 0. The normalized spacial score (nSPS) is 15.4. The molecule has 65 valence electrons. The molecule has 0 unspecified atom stereocenters. The fourth-order valence-electron chi connectivity index (χ4n) is 1.18. The number of fused-ring (bicyclic) bond motifs is 1. The van der Waals surface area contributed by atoms with E-state index in [-0.39, 0.29) is 0 Å². The number of hydrogen-bond acceptors (Lipinski definition) is 2. The second-order valence-electron chi connectivity index (χ2n) is 2.42. The topological polar surface area (TPSA) is 44.8 Å². The van der Waals surface area contributed by atoms with E-state index in [1.165, 1.54) is 0 Å². The Morgan fingerprint density at radius 3 is 3.00 bits per heavy atom. The third-order valence-corrected chi connectivity index (χ3v) is 1.75. The number of rotatable bonds is 0. The van der Waals surface area contributed by atoms with Gasteiger partial charge in [0.05, 0.1) is 0 Å². The summed E-state index contributed by atoms with van der Waals surface area (Å²) < 4.78 is 2.12. The maximum absolute atomic E-state index is 4.21. The molecule has 0 bridgehead atoms. The smallest absolute Gasteiger partial charge is 0.129 e. The molecule has 0 spiro atoms. The van der Waals surface area contributed by atoms with Crippen LogP contribution in [-0.2, 0) is 13.1 Å². The van der Waals surface area contributed by atoms with E-state index >= 15 is 0 Å². The summed E-state index contributed by atoms with van der Waals surface area (Å²) in [6.07, 6.45) is 0. The quantitative estimate of drug-likeness (QED) is 0.648. The summed E-state index contributed by atoms with van der Waals surface area (Å²) in [5.41, 5.74) is 0. The van der Waals surface area contributed by atoms with E-state index in [9.17, 15) is 0 Å². The molecule has 0 amide bonds. The molecule has 1 aliphatic heterocycles. The second kappa shape index (κ2) is 2.38. The first-order chi connectivity index (χ1) is 4.88. The van der Waals surface area contributed by atoms with Gasteiger partial charge < -0.3 is 9.88 Å². The largest absolute Gasteiger partial charge is 0.654 e. The van der Waals surface area contributed by atoms with E-state index in [0.29, 0.717) is 0 Å². The maximum Gasteiger partial charge on any atom is 0.129 e. The molecule has 2 heterocycles. The van der Waals surface area contributed by atoms with Gasteiger partial charge in [0, 0.05) is 6.54 Å². The summed E-state index contributed by atoms with van der Waals surface area (Å²) in [5.74, 6) is 2.01. The first kappa shape index (κ1) is 7.21. The SMILES string of the molecule is Cc1nnc2n1CC[N-]C2.[Es]. The van der Waals surface area contributed by atoms with Crippen molar-refractivity contribution in [3.63, 3.8) is 0 Å². The van der Waals surface area contributed by atoms with Crippen molar-refractivity contribution in [3.05, 3.63) is 17.0 Å². The Labute approximate surface area is 59.3 Å². The molecule has 1 radical (unpaired) electrons. The van der Waals surface area contributed by atoms with Crippen LogP contribution in [0, 0.1) is 6.92 Å². The standard InChI is InChI=1S/C6H9N4.Es/c1-5-8-9-6-4-7-2-3-10(5)6;/h2-4H2,1H3;/q-1;. The van der Waals surface area contributed by atoms with Gasteiger partial charge in [-0.25, -0.2) is 0 Å². The molecule has 11 heavy (non-hydrogen) atoms. The monoisotopic (exact) mass is 389 g/mol. The van der Waals surface area contributed by atoms with Crippen molar-refractivity contribution in [3.8, 4) is 0 Å². The molecule has 5 heteroatoms. The van der Waals surface area contributed by atoms with Gasteiger partial charge in [-0.15, -0.1) is 16.7 Å². The Morgan fingerprint density at radius 2 is 2.27 bits per heavy atom. The van der Waals surface area contributed by atoms with Gasteiger partial charge in [0.2, 0.25) is 0 Å². The first-order valence-corrected chi connectivity index (χ1v) is 3.40. The van der Waals surface area contributed by atoms with Crippen molar-refractivity contribution < 1.29 is 0 Å². The minimum Gasteiger partial charge on any atom is -0.654 e. The zero-order valence-electron chi connectivity index (χ0n) is 6.21. The Kier molecular flexibility index (Phi) is 1.56. The molecule has 1 aliphatic rings. The molecule has 0 aliphatic carbocycles. The van der Waals surface area contributed by atoms with Gasteiger partial charge in [-0.2, -0.15) is 0 Å². The number of nitrogens with zero attached hydrogens (tertiary/aromatic N) is 4. The molecular weight excluding hydrogens is 380 g/mol. The molecule has 0 saturated carbocycles. The summed E-state index contributed by atoms with van der Waals surface area (Å²) in [5, 5.41) is 12.1. The third-order valence-electron chi connectivity index (χ3n) is 1.75. The van der Waals surface area contributed by atoms with Crippen molar-refractivity contribution in [2.45, 2.75) is 20.0 Å². The predicted molar refractivity (Wildman–Crippen MR) is 36.7 cm³/mol. The van der Waals surface area contributed by atoms with Crippen molar-refractivity contribution in [2.75, 3.05) is 6.54 Å². The van der Waals surface area contributed by atoms with E-state index in [2.05, 4.69) is 20.1 Å². The summed E-state index contributed by atoms with van der Waals surface area (Å²) in [7, 11) is 0. The molecule has 0 N–H and O–H groups in total. The number of hydrogen-bond donors (Lipinski definition) is 0. The summed E-state index contributed by atoms with van der Waals surface area (Å²) in [4.78, 5) is 0. The molecule has 0 fully saturated rings. The van der Waals surface area contributed by atoms with Gasteiger partial charge in [0.1, 0.15) is 11.6 Å². The van der Waals surface area contributed by atoms with Crippen molar-refractivity contribution in [1.82, 2.24) is 14.8 Å². The van der Waals surface area contributed by atoms with E-state index in [4.69, 9.17) is 0 Å².